The fourth-order valence-electron chi connectivity index (χ4n) is 5.85. The minimum absolute atomic E-state index is 0.0807. The molecule has 1 unspecified atom stereocenters. The molecule has 0 amide bonds. The molecule has 0 aliphatic carbocycles. The second-order valence-electron chi connectivity index (χ2n) is 12.7. The maximum atomic E-state index is 12.0. The van der Waals surface area contributed by atoms with Gasteiger partial charge in [-0.2, -0.15) is 0 Å². The maximum Gasteiger partial charge on any atom is 0.502 e. The van der Waals surface area contributed by atoms with Gasteiger partial charge in [-0.3, -0.25) is 14.5 Å². The molecular weight excluding hydrogens is 599 g/mol. The van der Waals surface area contributed by atoms with E-state index in [0.717, 1.165) is 31.3 Å². The van der Waals surface area contributed by atoms with Gasteiger partial charge in [-0.1, -0.05) is 148 Å². The van der Waals surface area contributed by atoms with Gasteiger partial charge in [-0.25, -0.2) is 0 Å². The number of rotatable bonds is 35. The lowest BCUT2D eigenvalue weighted by molar-refractivity contribution is -0.131. The average Bonchev–Trinajstić information content (AvgIpc) is 3.03. The number of hydrogen-bond donors (Lipinski definition) is 0. The van der Waals surface area contributed by atoms with E-state index in [2.05, 4.69) is 25.7 Å². The summed E-state index contributed by atoms with van der Waals surface area (Å²) >= 11 is 1.12. The number of hydrogen-bond acceptors (Lipinski definition) is 7. The summed E-state index contributed by atoms with van der Waals surface area (Å²) < 4.78 is 19.4. The summed E-state index contributed by atoms with van der Waals surface area (Å²) in [5.41, 5.74) is 0. The second-order valence-corrected chi connectivity index (χ2v) is 16.4. The molecule has 0 fully saturated rings. The number of Topliss-reactive ketones (excluding diaryl/α,β-unsaturated/α-hetero) is 1. The van der Waals surface area contributed by atoms with Gasteiger partial charge in [-0.05, 0) is 40.0 Å². The van der Waals surface area contributed by atoms with Crippen LogP contribution in [0.3, 0.4) is 0 Å². The molecule has 8 heteroatoms. The first-order valence-electron chi connectivity index (χ1n) is 19.3. The van der Waals surface area contributed by atoms with Crippen LogP contribution in [0.1, 0.15) is 183 Å². The zero-order valence-electron chi connectivity index (χ0n) is 30.8. The molecule has 0 aromatic carbocycles. The molecule has 0 radical (unpaired) electrons. The van der Waals surface area contributed by atoms with E-state index in [1.165, 1.54) is 128 Å². The highest BCUT2D eigenvalue weighted by Gasteiger charge is 2.42. The molecule has 0 bridgehead atoms. The highest BCUT2D eigenvalue weighted by atomic mass is 32.2. The molecule has 0 saturated carbocycles. The Morgan fingerprint density at radius 3 is 1.38 bits per heavy atom. The Morgan fingerprint density at radius 1 is 0.600 bits per heavy atom. The summed E-state index contributed by atoms with van der Waals surface area (Å²) in [4.78, 5) is 26.2. The van der Waals surface area contributed by atoms with Crippen LogP contribution < -0.4 is 0 Å². The Morgan fingerprint density at radius 2 is 1.00 bits per heavy atom. The zero-order chi connectivity index (χ0) is 33.4. The average molecular weight is 674 g/mol. The summed E-state index contributed by atoms with van der Waals surface area (Å²) in [6.07, 6.45) is 27.7. The van der Waals surface area contributed by atoms with Crippen molar-refractivity contribution in [2.75, 3.05) is 32.1 Å². The van der Waals surface area contributed by atoms with Crippen molar-refractivity contribution in [3.8, 4) is 0 Å². The molecule has 1 atom stereocenters. The molecular formula is C37H75NO5SSi. The van der Waals surface area contributed by atoms with Crippen LogP contribution in [-0.4, -0.2) is 62.9 Å². The summed E-state index contributed by atoms with van der Waals surface area (Å²) in [5, 5.41) is -0.342. The van der Waals surface area contributed by atoms with Crippen molar-refractivity contribution in [2.24, 2.45) is 0 Å². The van der Waals surface area contributed by atoms with Crippen LogP contribution in [0, 0.1) is 0 Å². The Balaban J connectivity index is 4.99. The summed E-state index contributed by atoms with van der Waals surface area (Å²) in [7, 11) is -2.94. The van der Waals surface area contributed by atoms with Crippen LogP contribution >= 0.6 is 11.8 Å². The molecule has 0 N–H and O–H groups in total. The van der Waals surface area contributed by atoms with E-state index >= 15 is 0 Å². The van der Waals surface area contributed by atoms with Gasteiger partial charge in [0.15, 0.2) is 0 Å². The van der Waals surface area contributed by atoms with Gasteiger partial charge in [0.05, 0.1) is 0 Å². The maximum absolute atomic E-state index is 12.0. The van der Waals surface area contributed by atoms with Crippen molar-refractivity contribution in [1.29, 1.82) is 0 Å². The highest BCUT2D eigenvalue weighted by molar-refractivity contribution is 8.15. The largest absolute Gasteiger partial charge is 0.502 e. The van der Waals surface area contributed by atoms with Gasteiger partial charge >= 0.3 is 8.80 Å². The van der Waals surface area contributed by atoms with Crippen molar-refractivity contribution < 1.29 is 22.9 Å². The van der Waals surface area contributed by atoms with Crippen LogP contribution in [0.5, 0.6) is 0 Å². The Bertz CT molecular complexity index is 653. The standard InChI is InChI=1S/C37H75NO5SSi/c1-7-12-14-16-18-20-22-24-26-28-31-38(32-29-27-25-23-21-19-17-15-13-8-2)35(6)43-45(41-10-4,42-11-5)34-30-33-44-37(40)36(39)9-3/h35H,7-34H2,1-6H3. The third-order valence-corrected chi connectivity index (χ3v) is 12.7. The fourth-order valence-corrected chi connectivity index (χ4v) is 9.67. The SMILES string of the molecule is CCCCCCCCCCCCN(CCCCCCCCCCCC)C(C)O[Si](CCCSC(=O)C(=O)CC)(OCC)OCC. The van der Waals surface area contributed by atoms with E-state index in [4.69, 9.17) is 13.3 Å². The van der Waals surface area contributed by atoms with Crippen LogP contribution in [0.25, 0.3) is 0 Å². The van der Waals surface area contributed by atoms with Crippen molar-refractivity contribution in [1.82, 2.24) is 4.90 Å². The molecule has 45 heavy (non-hydrogen) atoms. The van der Waals surface area contributed by atoms with Crippen LogP contribution in [0.15, 0.2) is 0 Å². The minimum atomic E-state index is -2.94. The Kier molecular flexibility index (Phi) is 32.1. The second kappa shape index (κ2) is 32.3. The normalized spacial score (nSPS) is 12.7. The first kappa shape index (κ1) is 44.7. The highest BCUT2D eigenvalue weighted by Crippen LogP contribution is 2.24. The van der Waals surface area contributed by atoms with E-state index in [0.29, 0.717) is 25.0 Å². The molecule has 0 heterocycles. The van der Waals surface area contributed by atoms with Gasteiger partial charge in [0.2, 0.25) is 5.78 Å². The van der Waals surface area contributed by atoms with Crippen LogP contribution in [0.2, 0.25) is 6.04 Å². The molecule has 0 aromatic rings. The molecule has 0 rings (SSSR count). The monoisotopic (exact) mass is 674 g/mol. The van der Waals surface area contributed by atoms with Gasteiger partial charge in [0, 0.05) is 44.5 Å². The first-order valence-corrected chi connectivity index (χ1v) is 22.2. The minimum Gasteiger partial charge on any atom is -0.374 e. The zero-order valence-corrected chi connectivity index (χ0v) is 32.6. The topological polar surface area (TPSA) is 65.1 Å². The third-order valence-electron chi connectivity index (χ3n) is 8.60. The number of nitrogens with zero attached hydrogens (tertiary/aromatic N) is 1. The van der Waals surface area contributed by atoms with Gasteiger partial charge < -0.3 is 13.3 Å². The summed E-state index contributed by atoms with van der Waals surface area (Å²) in [6.45, 7) is 15.6. The van der Waals surface area contributed by atoms with Crippen molar-refractivity contribution in [2.45, 2.75) is 195 Å². The molecule has 0 saturated heterocycles. The van der Waals surface area contributed by atoms with E-state index in [1.807, 2.05) is 13.8 Å². The fraction of sp³-hybridized carbons (Fsp3) is 0.946. The molecule has 0 aromatic heterocycles. The number of unbranched alkanes of at least 4 members (excludes halogenated alkanes) is 18. The molecule has 0 aliphatic heterocycles. The summed E-state index contributed by atoms with van der Waals surface area (Å²) in [6, 6.07) is 0.657. The van der Waals surface area contributed by atoms with E-state index < -0.39 is 8.80 Å². The molecule has 0 spiro atoms. The number of carbonyl (C=O) groups is 2. The van der Waals surface area contributed by atoms with E-state index in [-0.39, 0.29) is 23.5 Å². The quantitative estimate of drug-likeness (QED) is 0.0287. The Hall–Kier alpha value is -0.253. The summed E-state index contributed by atoms with van der Waals surface area (Å²) in [5.74, 6) is 0.274. The lowest BCUT2D eigenvalue weighted by atomic mass is 10.1. The predicted molar refractivity (Wildman–Crippen MR) is 197 cm³/mol. The molecule has 0 aliphatic rings. The third kappa shape index (κ3) is 25.4. The van der Waals surface area contributed by atoms with E-state index in [9.17, 15) is 9.59 Å². The van der Waals surface area contributed by atoms with Gasteiger partial charge in [0.1, 0.15) is 6.23 Å². The number of ketones is 1. The molecule has 268 valence electrons. The lowest BCUT2D eigenvalue weighted by Gasteiger charge is -2.37. The number of thioether (sulfide) groups is 1. The first-order chi connectivity index (χ1) is 21.9. The van der Waals surface area contributed by atoms with Gasteiger partial charge in [-0.15, -0.1) is 0 Å². The number of carbonyl (C=O) groups excluding carboxylic acids is 2. The predicted octanol–water partition coefficient (Wildman–Crippen LogP) is 11.1. The van der Waals surface area contributed by atoms with Crippen molar-refractivity contribution in [3.63, 3.8) is 0 Å². The van der Waals surface area contributed by atoms with Crippen LogP contribution in [0.4, 0.5) is 0 Å². The molecule has 6 nitrogen and oxygen atoms in total. The van der Waals surface area contributed by atoms with Gasteiger partial charge in [0.25, 0.3) is 5.12 Å². The van der Waals surface area contributed by atoms with E-state index in [1.54, 1.807) is 6.92 Å². The van der Waals surface area contributed by atoms with Crippen LogP contribution in [-0.2, 0) is 22.9 Å². The van der Waals surface area contributed by atoms with Crippen molar-refractivity contribution in [3.05, 3.63) is 0 Å². The van der Waals surface area contributed by atoms with Crippen molar-refractivity contribution >= 4 is 31.5 Å². The lowest BCUT2D eigenvalue weighted by Crippen LogP contribution is -2.52. The Labute approximate surface area is 285 Å². The smallest absolute Gasteiger partial charge is 0.374 e.